The van der Waals surface area contributed by atoms with Crippen LogP contribution in [-0.4, -0.2) is 54.5 Å². The molecule has 0 fully saturated rings. The highest BCUT2D eigenvalue weighted by Gasteiger charge is 2.01. The van der Waals surface area contributed by atoms with Gasteiger partial charge in [0.25, 0.3) is 0 Å². The second-order valence-corrected chi connectivity index (χ2v) is 3.98. The lowest BCUT2D eigenvalue weighted by atomic mass is 10.6. The number of hydrogen-bond donors (Lipinski definition) is 1. The molecule has 0 amide bonds. The molecule has 0 aliphatic heterocycles. The van der Waals surface area contributed by atoms with Crippen molar-refractivity contribution in [1.29, 1.82) is 0 Å². The van der Waals surface area contributed by atoms with Crippen LogP contribution in [0.2, 0.25) is 10.6 Å². The number of ether oxygens (including phenoxy) is 2. The minimum atomic E-state index is 0.0295. The molecule has 1 aromatic heterocycles. The molecule has 0 spiro atoms. The molecule has 20 heavy (non-hydrogen) atoms. The van der Waals surface area contributed by atoms with Crippen LogP contribution in [0.1, 0.15) is 0 Å². The lowest BCUT2D eigenvalue weighted by Gasteiger charge is -2.06. The zero-order valence-electron chi connectivity index (χ0n) is 10.5. The summed E-state index contributed by atoms with van der Waals surface area (Å²) in [5.41, 5.74) is 8.03. The van der Waals surface area contributed by atoms with Gasteiger partial charge in [-0.2, -0.15) is 15.0 Å². The minimum absolute atomic E-state index is 0.0295. The van der Waals surface area contributed by atoms with Gasteiger partial charge in [0.1, 0.15) is 0 Å². The number of azide groups is 1. The predicted octanol–water partition coefficient (Wildman–Crippen LogP) is 1.93. The molecule has 9 nitrogen and oxygen atoms in total. The Hall–Kier alpha value is -1.38. The molecule has 11 heteroatoms. The Labute approximate surface area is 125 Å². The lowest BCUT2D eigenvalue weighted by molar-refractivity contribution is 0.0547. The number of nitrogens with zero attached hydrogens (tertiary/aromatic N) is 6. The Balaban J connectivity index is 2.00. The smallest absolute Gasteiger partial charge is 0.228 e. The summed E-state index contributed by atoms with van der Waals surface area (Å²) in [4.78, 5) is 13.9. The molecule has 1 heterocycles. The molecule has 0 unspecified atom stereocenters. The van der Waals surface area contributed by atoms with E-state index in [0.29, 0.717) is 45.5 Å². The monoisotopic (exact) mass is 321 g/mol. The molecule has 0 aromatic carbocycles. The van der Waals surface area contributed by atoms with Gasteiger partial charge >= 0.3 is 0 Å². The molecule has 0 atom stereocenters. The maximum Gasteiger partial charge on any atom is 0.228 e. The van der Waals surface area contributed by atoms with E-state index in [1.54, 1.807) is 0 Å². The Bertz CT molecular complexity index is 436. The Morgan fingerprint density at radius 2 is 1.70 bits per heavy atom. The number of nitrogens with one attached hydrogen (secondary N) is 1. The first-order chi connectivity index (χ1) is 9.72. The van der Waals surface area contributed by atoms with Crippen molar-refractivity contribution < 1.29 is 9.47 Å². The van der Waals surface area contributed by atoms with Crippen molar-refractivity contribution in [2.45, 2.75) is 0 Å². The average Bonchev–Trinajstić information content (AvgIpc) is 2.40. The first-order valence-electron chi connectivity index (χ1n) is 5.69. The largest absolute Gasteiger partial charge is 0.379 e. The van der Waals surface area contributed by atoms with E-state index in [4.69, 9.17) is 38.2 Å². The van der Waals surface area contributed by atoms with Gasteiger partial charge in [0.15, 0.2) is 0 Å². The number of hydrogen-bond acceptors (Lipinski definition) is 7. The second kappa shape index (κ2) is 10.4. The quantitative estimate of drug-likeness (QED) is 0.304. The highest BCUT2D eigenvalue weighted by Crippen LogP contribution is 2.08. The van der Waals surface area contributed by atoms with Gasteiger partial charge in [-0.25, -0.2) is 0 Å². The van der Waals surface area contributed by atoms with Gasteiger partial charge in [0.05, 0.1) is 26.4 Å². The molecule has 0 aliphatic rings. The third-order valence-electron chi connectivity index (χ3n) is 1.88. The Kier molecular flexibility index (Phi) is 8.68. The van der Waals surface area contributed by atoms with Gasteiger partial charge < -0.3 is 14.8 Å². The maximum atomic E-state index is 8.03. The van der Waals surface area contributed by atoms with E-state index < -0.39 is 0 Å². The number of anilines is 1. The van der Waals surface area contributed by atoms with Crippen molar-refractivity contribution in [3.05, 3.63) is 21.0 Å². The zero-order chi connectivity index (χ0) is 14.6. The molecule has 0 radical (unpaired) electrons. The normalized spacial score (nSPS) is 10.1. The fourth-order valence-electron chi connectivity index (χ4n) is 1.11. The molecule has 0 saturated heterocycles. The summed E-state index contributed by atoms with van der Waals surface area (Å²) in [5, 5.41) is 6.28. The van der Waals surface area contributed by atoms with E-state index in [2.05, 4.69) is 30.3 Å². The lowest BCUT2D eigenvalue weighted by Crippen LogP contribution is -2.14. The van der Waals surface area contributed by atoms with Gasteiger partial charge in [0.2, 0.25) is 16.5 Å². The number of rotatable bonds is 10. The van der Waals surface area contributed by atoms with Gasteiger partial charge in [-0.05, 0) is 28.7 Å². The first-order valence-corrected chi connectivity index (χ1v) is 6.45. The molecular weight excluding hydrogens is 309 g/mol. The van der Waals surface area contributed by atoms with Crippen LogP contribution in [0.15, 0.2) is 5.11 Å². The average molecular weight is 322 g/mol. The topological polar surface area (TPSA) is 118 Å². The molecule has 1 rings (SSSR count). The molecule has 0 saturated carbocycles. The summed E-state index contributed by atoms with van der Waals surface area (Å²) in [6.45, 7) is 2.52. The van der Waals surface area contributed by atoms with E-state index in [9.17, 15) is 0 Å². The van der Waals surface area contributed by atoms with Crippen LogP contribution < -0.4 is 5.32 Å². The highest BCUT2D eigenvalue weighted by atomic mass is 35.5. The van der Waals surface area contributed by atoms with E-state index >= 15 is 0 Å². The van der Waals surface area contributed by atoms with Gasteiger partial charge in [-0.3, -0.25) is 0 Å². The Morgan fingerprint density at radius 1 is 1.05 bits per heavy atom. The SMILES string of the molecule is [N-]=[N+]=NCCOCCOCCNc1nc(Cl)nc(Cl)n1. The van der Waals surface area contributed by atoms with Gasteiger partial charge in [-0.15, -0.1) is 0 Å². The van der Waals surface area contributed by atoms with Gasteiger partial charge in [-0.1, -0.05) is 5.11 Å². The van der Waals surface area contributed by atoms with E-state index in [1.165, 1.54) is 0 Å². The third kappa shape index (κ3) is 7.93. The molecule has 1 N–H and O–H groups in total. The van der Waals surface area contributed by atoms with Crippen LogP contribution in [0, 0.1) is 0 Å². The number of halogens is 2. The standard InChI is InChI=1S/C9H13Cl2N7O2/c10-7-15-8(11)17-9(16-7)13-1-3-19-5-6-20-4-2-14-18-12/h1-6H2,(H,13,15,16,17). The van der Waals surface area contributed by atoms with Crippen molar-refractivity contribution in [2.75, 3.05) is 44.8 Å². The van der Waals surface area contributed by atoms with E-state index in [1.807, 2.05) is 0 Å². The predicted molar refractivity (Wildman–Crippen MR) is 74.0 cm³/mol. The molecule has 0 aliphatic carbocycles. The molecular formula is C9H13Cl2N7O2. The first kappa shape index (κ1) is 16.7. The van der Waals surface area contributed by atoms with E-state index in [0.717, 1.165) is 0 Å². The zero-order valence-corrected chi connectivity index (χ0v) is 12.0. The maximum absolute atomic E-state index is 8.03. The van der Waals surface area contributed by atoms with Crippen LogP contribution in [-0.2, 0) is 9.47 Å². The van der Waals surface area contributed by atoms with Crippen molar-refractivity contribution in [3.63, 3.8) is 0 Å². The summed E-state index contributed by atoms with van der Waals surface area (Å²) in [7, 11) is 0. The van der Waals surface area contributed by atoms with Crippen LogP contribution in [0.4, 0.5) is 5.95 Å². The van der Waals surface area contributed by atoms with Crippen LogP contribution in [0.5, 0.6) is 0 Å². The second-order valence-electron chi connectivity index (χ2n) is 3.30. The number of aromatic nitrogens is 3. The van der Waals surface area contributed by atoms with Gasteiger partial charge in [0, 0.05) is 18.0 Å². The van der Waals surface area contributed by atoms with Crippen molar-refractivity contribution in [2.24, 2.45) is 5.11 Å². The highest BCUT2D eigenvalue weighted by molar-refractivity contribution is 6.31. The fourth-order valence-corrected chi connectivity index (χ4v) is 1.48. The fraction of sp³-hybridized carbons (Fsp3) is 0.667. The van der Waals surface area contributed by atoms with Crippen LogP contribution >= 0.6 is 23.2 Å². The van der Waals surface area contributed by atoms with Crippen molar-refractivity contribution in [1.82, 2.24) is 15.0 Å². The summed E-state index contributed by atoms with van der Waals surface area (Å²) >= 11 is 11.2. The summed E-state index contributed by atoms with van der Waals surface area (Å²) < 4.78 is 10.4. The molecule has 1 aromatic rings. The summed E-state index contributed by atoms with van der Waals surface area (Å²) in [6, 6.07) is 0. The van der Waals surface area contributed by atoms with E-state index in [-0.39, 0.29) is 10.6 Å². The summed E-state index contributed by atoms with van der Waals surface area (Å²) in [5.74, 6) is 0.296. The molecule has 110 valence electrons. The van der Waals surface area contributed by atoms with Crippen molar-refractivity contribution in [3.8, 4) is 0 Å². The molecule has 0 bridgehead atoms. The van der Waals surface area contributed by atoms with Crippen molar-refractivity contribution >= 4 is 29.2 Å². The Morgan fingerprint density at radius 3 is 2.35 bits per heavy atom. The van der Waals surface area contributed by atoms with Crippen LogP contribution in [0.25, 0.3) is 10.4 Å². The third-order valence-corrected chi connectivity index (χ3v) is 2.22. The summed E-state index contributed by atoms with van der Waals surface area (Å²) in [6.07, 6.45) is 0. The minimum Gasteiger partial charge on any atom is -0.379 e. The van der Waals surface area contributed by atoms with Crippen LogP contribution in [0.3, 0.4) is 0 Å².